The Kier molecular flexibility index (Phi) is 12.3. The molecular formula is C4H11N3O. The van der Waals surface area contributed by atoms with Gasteiger partial charge < -0.3 is 11.5 Å². The first-order valence-corrected chi connectivity index (χ1v) is 2.24. The molecule has 0 aromatic carbocycles. The first-order chi connectivity index (χ1) is 3.68. The van der Waals surface area contributed by atoms with Gasteiger partial charge in [0, 0.05) is 0 Å². The third-order valence-electron chi connectivity index (χ3n) is 0.471. The number of isocyanates is 1. The highest BCUT2D eigenvalue weighted by molar-refractivity contribution is 5.26. The molecule has 5 N–H and O–H groups in total. The highest BCUT2D eigenvalue weighted by Crippen LogP contribution is 1.68. The number of hydrogen-bond donors (Lipinski definition) is 3. The standard InChI is InChI=1S/C3H10N2.CHNO/c1-2-3(4)5;2-1-3/h3H,2,4-5H2,1H3;2H. The van der Waals surface area contributed by atoms with Crippen LogP contribution in [0.5, 0.6) is 0 Å². The maximum Gasteiger partial charge on any atom is 0.231 e. The number of rotatable bonds is 1. The van der Waals surface area contributed by atoms with Crippen LogP contribution in [0.2, 0.25) is 0 Å². The van der Waals surface area contributed by atoms with Gasteiger partial charge in [-0.2, -0.15) is 0 Å². The van der Waals surface area contributed by atoms with Gasteiger partial charge in [-0.1, -0.05) is 6.92 Å². The molecule has 0 unspecified atom stereocenters. The van der Waals surface area contributed by atoms with E-state index < -0.39 is 0 Å². The van der Waals surface area contributed by atoms with Gasteiger partial charge in [0.25, 0.3) is 0 Å². The summed E-state index contributed by atoms with van der Waals surface area (Å²) < 4.78 is 0. The van der Waals surface area contributed by atoms with Gasteiger partial charge in [0.15, 0.2) is 0 Å². The molecule has 0 saturated carbocycles. The van der Waals surface area contributed by atoms with Gasteiger partial charge in [-0.3, -0.25) is 0 Å². The van der Waals surface area contributed by atoms with E-state index in [2.05, 4.69) is 0 Å². The lowest BCUT2D eigenvalue weighted by Gasteiger charge is -1.92. The van der Waals surface area contributed by atoms with Crippen LogP contribution in [-0.4, -0.2) is 12.2 Å². The largest absolute Gasteiger partial charge is 0.316 e. The first kappa shape index (κ1) is 10.3. The molecule has 0 aromatic heterocycles. The van der Waals surface area contributed by atoms with Gasteiger partial charge in [-0.05, 0) is 6.42 Å². The van der Waals surface area contributed by atoms with Crippen molar-refractivity contribution in [1.82, 2.24) is 0 Å². The second-order valence-corrected chi connectivity index (χ2v) is 1.17. The molecule has 0 fully saturated rings. The molecular weight excluding hydrogens is 106 g/mol. The monoisotopic (exact) mass is 117 g/mol. The lowest BCUT2D eigenvalue weighted by Crippen LogP contribution is -2.28. The Morgan fingerprint density at radius 2 is 1.88 bits per heavy atom. The van der Waals surface area contributed by atoms with Crippen LogP contribution in [0.4, 0.5) is 0 Å². The van der Waals surface area contributed by atoms with E-state index in [1.165, 1.54) is 0 Å². The Labute approximate surface area is 48.4 Å². The Morgan fingerprint density at radius 3 is 1.88 bits per heavy atom. The fraction of sp³-hybridized carbons (Fsp3) is 0.750. The molecule has 0 spiro atoms. The topological polar surface area (TPSA) is 93.0 Å². The molecule has 0 atom stereocenters. The summed E-state index contributed by atoms with van der Waals surface area (Å²) in [6.45, 7) is 1.95. The van der Waals surface area contributed by atoms with Crippen LogP contribution in [-0.2, 0) is 4.79 Å². The van der Waals surface area contributed by atoms with Crippen LogP contribution >= 0.6 is 0 Å². The second-order valence-electron chi connectivity index (χ2n) is 1.17. The van der Waals surface area contributed by atoms with Crippen molar-refractivity contribution in [3.05, 3.63) is 0 Å². The number of nitrogens with two attached hydrogens (primary N) is 2. The van der Waals surface area contributed by atoms with Crippen LogP contribution in [0.3, 0.4) is 0 Å². The SMILES string of the molecule is CCC(N)N.N=C=O. The minimum atomic E-state index is -0.116. The molecule has 0 aliphatic heterocycles. The van der Waals surface area contributed by atoms with Gasteiger partial charge in [0.1, 0.15) is 0 Å². The van der Waals surface area contributed by atoms with Crippen molar-refractivity contribution in [3.63, 3.8) is 0 Å². The molecule has 0 amide bonds. The normalized spacial score (nSPS) is 7.00. The zero-order valence-electron chi connectivity index (χ0n) is 4.85. The van der Waals surface area contributed by atoms with Gasteiger partial charge in [0.2, 0.25) is 6.08 Å². The molecule has 0 aliphatic carbocycles. The van der Waals surface area contributed by atoms with Crippen LogP contribution in [0.15, 0.2) is 0 Å². The van der Waals surface area contributed by atoms with Crippen molar-refractivity contribution >= 4 is 6.08 Å². The van der Waals surface area contributed by atoms with Crippen molar-refractivity contribution in [3.8, 4) is 0 Å². The summed E-state index contributed by atoms with van der Waals surface area (Å²) in [5, 5.41) is 5.40. The Morgan fingerprint density at radius 1 is 1.75 bits per heavy atom. The summed E-state index contributed by atoms with van der Waals surface area (Å²) >= 11 is 0. The lowest BCUT2D eigenvalue weighted by molar-refractivity contribution is 0.563. The molecule has 0 aromatic rings. The summed E-state index contributed by atoms with van der Waals surface area (Å²) in [5.41, 5.74) is 10.1. The van der Waals surface area contributed by atoms with Crippen molar-refractivity contribution in [2.75, 3.05) is 0 Å². The fourth-order valence-corrected chi connectivity index (χ4v) is 0. The van der Waals surface area contributed by atoms with E-state index in [1.54, 1.807) is 0 Å². The van der Waals surface area contributed by atoms with E-state index in [1.807, 2.05) is 6.92 Å². The van der Waals surface area contributed by atoms with Gasteiger partial charge in [-0.15, -0.1) is 0 Å². The van der Waals surface area contributed by atoms with Gasteiger partial charge in [0.05, 0.1) is 6.17 Å². The highest BCUT2D eigenvalue weighted by Gasteiger charge is 1.79. The number of carbonyl (C=O) groups excluding carboxylic acids is 1. The minimum Gasteiger partial charge on any atom is -0.316 e. The van der Waals surface area contributed by atoms with Crippen molar-refractivity contribution < 1.29 is 4.79 Å². The molecule has 8 heavy (non-hydrogen) atoms. The van der Waals surface area contributed by atoms with E-state index in [4.69, 9.17) is 21.7 Å². The van der Waals surface area contributed by atoms with E-state index >= 15 is 0 Å². The molecule has 0 radical (unpaired) electrons. The smallest absolute Gasteiger partial charge is 0.231 e. The summed E-state index contributed by atoms with van der Waals surface area (Å²) in [4.78, 5) is 8.35. The summed E-state index contributed by atoms with van der Waals surface area (Å²) in [6.07, 6.45) is 1.50. The summed E-state index contributed by atoms with van der Waals surface area (Å²) in [5.74, 6) is 0. The Balaban J connectivity index is 0. The molecule has 0 bridgehead atoms. The van der Waals surface area contributed by atoms with Crippen LogP contribution in [0, 0.1) is 5.41 Å². The van der Waals surface area contributed by atoms with E-state index in [0.29, 0.717) is 0 Å². The quantitative estimate of drug-likeness (QED) is 0.246. The first-order valence-electron chi connectivity index (χ1n) is 2.24. The molecule has 0 saturated heterocycles. The van der Waals surface area contributed by atoms with Crippen LogP contribution in [0.1, 0.15) is 13.3 Å². The second kappa shape index (κ2) is 9.57. The minimum absolute atomic E-state index is 0.116. The highest BCUT2D eigenvalue weighted by atomic mass is 16.1. The Hall–Kier alpha value is -0.700. The van der Waals surface area contributed by atoms with Crippen molar-refractivity contribution in [2.24, 2.45) is 11.5 Å². The van der Waals surface area contributed by atoms with Gasteiger partial charge in [-0.25, -0.2) is 10.2 Å². The lowest BCUT2D eigenvalue weighted by atomic mass is 10.4. The molecule has 4 heteroatoms. The zero-order valence-corrected chi connectivity index (χ0v) is 4.85. The van der Waals surface area contributed by atoms with Gasteiger partial charge >= 0.3 is 0 Å². The predicted octanol–water partition coefficient (Wildman–Crippen LogP) is -0.459. The third-order valence-corrected chi connectivity index (χ3v) is 0.471. The average Bonchev–Trinajstić information content (AvgIpc) is 1.69. The molecule has 0 heterocycles. The molecule has 48 valence electrons. The summed E-state index contributed by atoms with van der Waals surface area (Å²) in [7, 11) is 0. The number of hydrogen-bond acceptors (Lipinski definition) is 4. The zero-order chi connectivity index (χ0) is 6.99. The Bertz CT molecular complexity index is 65.7. The maximum atomic E-state index is 8.35. The average molecular weight is 117 g/mol. The fourth-order valence-electron chi connectivity index (χ4n) is 0. The molecule has 0 rings (SSSR count). The number of nitrogens with one attached hydrogen (secondary N) is 1. The maximum absolute atomic E-state index is 8.35. The molecule has 0 aliphatic rings. The third kappa shape index (κ3) is 58.0. The van der Waals surface area contributed by atoms with E-state index in [9.17, 15) is 0 Å². The predicted molar refractivity (Wildman–Crippen MR) is 30.9 cm³/mol. The van der Waals surface area contributed by atoms with Crippen molar-refractivity contribution in [1.29, 1.82) is 5.41 Å². The summed E-state index contributed by atoms with van der Waals surface area (Å²) in [6, 6.07) is 0. The molecule has 4 nitrogen and oxygen atoms in total. The van der Waals surface area contributed by atoms with Crippen molar-refractivity contribution in [2.45, 2.75) is 19.5 Å². The van der Waals surface area contributed by atoms with Crippen LogP contribution < -0.4 is 11.5 Å². The van der Waals surface area contributed by atoms with Crippen LogP contribution in [0.25, 0.3) is 0 Å². The van der Waals surface area contributed by atoms with E-state index in [0.717, 1.165) is 12.5 Å². The van der Waals surface area contributed by atoms with E-state index in [-0.39, 0.29) is 6.17 Å².